The van der Waals surface area contributed by atoms with Gasteiger partial charge in [0.15, 0.2) is 0 Å². The minimum Gasteiger partial charge on any atom is -0.392 e. The zero-order chi connectivity index (χ0) is 13.1. The van der Waals surface area contributed by atoms with E-state index in [1.54, 1.807) is 0 Å². The molecular formula is C14H21BrN2O. The molecule has 0 aromatic heterocycles. The lowest BCUT2D eigenvalue weighted by atomic mass is 10.1. The van der Waals surface area contributed by atoms with Gasteiger partial charge in [-0.25, -0.2) is 0 Å². The first-order valence-corrected chi connectivity index (χ1v) is 7.26. The van der Waals surface area contributed by atoms with Crippen molar-refractivity contribution in [2.75, 3.05) is 18.5 Å². The highest BCUT2D eigenvalue weighted by atomic mass is 79.9. The summed E-state index contributed by atoms with van der Waals surface area (Å²) in [7, 11) is 2.02. The molecule has 100 valence electrons. The summed E-state index contributed by atoms with van der Waals surface area (Å²) >= 11 is 3.51. The lowest BCUT2D eigenvalue weighted by Crippen LogP contribution is -2.28. The van der Waals surface area contributed by atoms with E-state index in [1.807, 2.05) is 14.0 Å². The minimum atomic E-state index is -0.321. The van der Waals surface area contributed by atoms with Crippen molar-refractivity contribution in [2.24, 2.45) is 0 Å². The molecule has 1 aliphatic rings. The van der Waals surface area contributed by atoms with Crippen molar-refractivity contribution in [2.45, 2.75) is 38.5 Å². The summed E-state index contributed by atoms with van der Waals surface area (Å²) in [6.07, 6.45) is 2.28. The maximum Gasteiger partial charge on any atom is 0.0686 e. The molecule has 2 rings (SSSR count). The topological polar surface area (TPSA) is 35.5 Å². The van der Waals surface area contributed by atoms with Gasteiger partial charge in [0.2, 0.25) is 0 Å². The highest BCUT2D eigenvalue weighted by molar-refractivity contribution is 9.10. The first kappa shape index (κ1) is 13.8. The summed E-state index contributed by atoms with van der Waals surface area (Å²) in [5.74, 6) is 0. The molecule has 1 aliphatic carbocycles. The molecule has 2 N–H and O–H groups in total. The quantitative estimate of drug-likeness (QED) is 0.847. The van der Waals surface area contributed by atoms with Crippen LogP contribution in [0.1, 0.15) is 25.3 Å². The molecule has 0 heterocycles. The van der Waals surface area contributed by atoms with E-state index >= 15 is 0 Å². The fraction of sp³-hybridized carbons (Fsp3) is 0.571. The smallest absolute Gasteiger partial charge is 0.0686 e. The van der Waals surface area contributed by atoms with E-state index in [2.05, 4.69) is 44.3 Å². The van der Waals surface area contributed by atoms with E-state index in [4.69, 9.17) is 0 Å². The minimum absolute atomic E-state index is 0.321. The summed E-state index contributed by atoms with van der Waals surface area (Å²) in [5.41, 5.74) is 2.46. The molecule has 1 unspecified atom stereocenters. The summed E-state index contributed by atoms with van der Waals surface area (Å²) in [5, 5.41) is 13.0. The highest BCUT2D eigenvalue weighted by Crippen LogP contribution is 2.26. The third kappa shape index (κ3) is 3.97. The van der Waals surface area contributed by atoms with Crippen molar-refractivity contribution >= 4 is 21.6 Å². The predicted molar refractivity (Wildman–Crippen MR) is 79.0 cm³/mol. The van der Waals surface area contributed by atoms with E-state index in [0.717, 1.165) is 11.0 Å². The first-order valence-electron chi connectivity index (χ1n) is 6.47. The SMILES string of the molecule is CC(O)CN(C)c1cc(Br)ccc1CNC1CC1. The predicted octanol–water partition coefficient (Wildman–Crippen LogP) is 2.52. The van der Waals surface area contributed by atoms with Crippen LogP contribution in [-0.2, 0) is 6.54 Å². The Balaban J connectivity index is 2.10. The van der Waals surface area contributed by atoms with Gasteiger partial charge in [-0.1, -0.05) is 22.0 Å². The lowest BCUT2D eigenvalue weighted by molar-refractivity contribution is 0.201. The fourth-order valence-electron chi connectivity index (χ4n) is 2.08. The van der Waals surface area contributed by atoms with Crippen LogP contribution in [0.2, 0.25) is 0 Å². The molecule has 18 heavy (non-hydrogen) atoms. The number of aliphatic hydroxyl groups excluding tert-OH is 1. The molecule has 1 fully saturated rings. The zero-order valence-electron chi connectivity index (χ0n) is 11.0. The van der Waals surface area contributed by atoms with Crippen LogP contribution in [0.25, 0.3) is 0 Å². The molecule has 1 aromatic carbocycles. The number of anilines is 1. The van der Waals surface area contributed by atoms with Crippen LogP contribution >= 0.6 is 15.9 Å². The van der Waals surface area contributed by atoms with Gasteiger partial charge in [0.1, 0.15) is 0 Å². The number of hydrogen-bond acceptors (Lipinski definition) is 3. The largest absolute Gasteiger partial charge is 0.392 e. The molecule has 0 spiro atoms. The summed E-state index contributed by atoms with van der Waals surface area (Å²) in [6.45, 7) is 3.36. The van der Waals surface area contributed by atoms with Crippen LogP contribution in [0.5, 0.6) is 0 Å². The number of aliphatic hydroxyl groups is 1. The van der Waals surface area contributed by atoms with Gasteiger partial charge in [-0.05, 0) is 37.5 Å². The second-order valence-corrected chi connectivity index (χ2v) is 6.07. The Morgan fingerprint density at radius 1 is 1.50 bits per heavy atom. The standard InChI is InChI=1S/C14H21BrN2O/c1-10(18)9-17(2)14-7-12(15)4-3-11(14)8-16-13-5-6-13/h3-4,7,10,13,16,18H,5-6,8-9H2,1-2H3. The van der Waals surface area contributed by atoms with Gasteiger partial charge in [-0.3, -0.25) is 0 Å². The van der Waals surface area contributed by atoms with Crippen molar-refractivity contribution < 1.29 is 5.11 Å². The van der Waals surface area contributed by atoms with Crippen LogP contribution in [0.15, 0.2) is 22.7 Å². The molecular weight excluding hydrogens is 292 g/mol. The third-order valence-electron chi connectivity index (χ3n) is 3.16. The normalized spacial score (nSPS) is 16.7. The monoisotopic (exact) mass is 312 g/mol. The number of benzene rings is 1. The third-order valence-corrected chi connectivity index (χ3v) is 3.65. The van der Waals surface area contributed by atoms with Crippen LogP contribution < -0.4 is 10.2 Å². The van der Waals surface area contributed by atoms with Crippen molar-refractivity contribution in [1.29, 1.82) is 0 Å². The zero-order valence-corrected chi connectivity index (χ0v) is 12.6. The van der Waals surface area contributed by atoms with Gasteiger partial charge in [-0.2, -0.15) is 0 Å². The number of nitrogens with zero attached hydrogens (tertiary/aromatic N) is 1. The Labute approximate surface area is 117 Å². The maximum atomic E-state index is 9.50. The second kappa shape index (κ2) is 6.04. The van der Waals surface area contributed by atoms with Gasteiger partial charge >= 0.3 is 0 Å². The van der Waals surface area contributed by atoms with Gasteiger partial charge in [0.05, 0.1) is 6.10 Å². The number of halogens is 1. The Bertz CT molecular complexity index is 405. The van der Waals surface area contributed by atoms with Crippen LogP contribution in [0.4, 0.5) is 5.69 Å². The molecule has 0 aliphatic heterocycles. The van der Waals surface area contributed by atoms with Crippen molar-refractivity contribution in [3.05, 3.63) is 28.2 Å². The van der Waals surface area contributed by atoms with Gasteiger partial charge in [0, 0.05) is 36.3 Å². The van der Waals surface area contributed by atoms with Crippen LogP contribution in [-0.4, -0.2) is 30.8 Å². The highest BCUT2D eigenvalue weighted by Gasteiger charge is 2.21. The number of likely N-dealkylation sites (N-methyl/N-ethyl adjacent to an activating group) is 1. The molecule has 0 radical (unpaired) electrons. The van der Waals surface area contributed by atoms with Gasteiger partial charge in [0.25, 0.3) is 0 Å². The average molecular weight is 313 g/mol. The molecule has 4 heteroatoms. The Morgan fingerprint density at radius 2 is 2.22 bits per heavy atom. The maximum absolute atomic E-state index is 9.50. The van der Waals surface area contributed by atoms with E-state index in [1.165, 1.54) is 24.1 Å². The Kier molecular flexibility index (Phi) is 4.65. The Hall–Kier alpha value is -0.580. The molecule has 1 aromatic rings. The van der Waals surface area contributed by atoms with E-state index in [9.17, 15) is 5.11 Å². The molecule has 1 atom stereocenters. The van der Waals surface area contributed by atoms with Crippen LogP contribution in [0, 0.1) is 0 Å². The van der Waals surface area contributed by atoms with Gasteiger partial charge < -0.3 is 15.3 Å². The van der Waals surface area contributed by atoms with Crippen molar-refractivity contribution in [3.8, 4) is 0 Å². The summed E-state index contributed by atoms with van der Waals surface area (Å²) < 4.78 is 1.07. The van der Waals surface area contributed by atoms with Gasteiger partial charge in [-0.15, -0.1) is 0 Å². The number of rotatable bonds is 6. The molecule has 3 nitrogen and oxygen atoms in total. The fourth-order valence-corrected chi connectivity index (χ4v) is 2.43. The van der Waals surface area contributed by atoms with Crippen LogP contribution in [0.3, 0.4) is 0 Å². The average Bonchev–Trinajstić information content (AvgIpc) is 3.10. The second-order valence-electron chi connectivity index (χ2n) is 5.16. The summed E-state index contributed by atoms with van der Waals surface area (Å²) in [4.78, 5) is 2.11. The lowest BCUT2D eigenvalue weighted by Gasteiger charge is -2.24. The first-order chi connectivity index (χ1) is 8.56. The van der Waals surface area contributed by atoms with Crippen molar-refractivity contribution in [3.63, 3.8) is 0 Å². The van der Waals surface area contributed by atoms with Crippen molar-refractivity contribution in [1.82, 2.24) is 5.32 Å². The summed E-state index contributed by atoms with van der Waals surface area (Å²) in [6, 6.07) is 7.05. The van der Waals surface area contributed by atoms with E-state index in [0.29, 0.717) is 12.6 Å². The Morgan fingerprint density at radius 3 is 2.83 bits per heavy atom. The van der Waals surface area contributed by atoms with E-state index < -0.39 is 0 Å². The molecule has 0 bridgehead atoms. The number of nitrogens with one attached hydrogen (secondary N) is 1. The molecule has 0 amide bonds. The molecule has 1 saturated carbocycles. The molecule has 0 saturated heterocycles. The number of hydrogen-bond donors (Lipinski definition) is 2. The van der Waals surface area contributed by atoms with E-state index in [-0.39, 0.29) is 6.10 Å².